The Hall–Kier alpha value is -0.840. The molecule has 0 saturated carbocycles. The molecule has 0 spiro atoms. The summed E-state index contributed by atoms with van der Waals surface area (Å²) in [7, 11) is 0. The van der Waals surface area contributed by atoms with E-state index in [-0.39, 0.29) is 6.03 Å². The number of hydrogen-bond acceptors (Lipinski definition) is 2. The van der Waals surface area contributed by atoms with Crippen molar-refractivity contribution in [2.45, 2.75) is 13.8 Å². The number of urea groups is 1. The molecule has 0 N–H and O–H groups in total. The normalized spacial score (nSPS) is 16.4. The van der Waals surface area contributed by atoms with Gasteiger partial charge in [-0.05, 0) is 13.8 Å². The van der Waals surface area contributed by atoms with Crippen LogP contribution in [0.2, 0.25) is 0 Å². The van der Waals surface area contributed by atoms with E-state index >= 15 is 0 Å². The largest absolute Gasteiger partial charge is 0.365 e. The van der Waals surface area contributed by atoms with Gasteiger partial charge in [0.15, 0.2) is 0 Å². The van der Waals surface area contributed by atoms with Crippen LogP contribution < -0.4 is 0 Å². The molecular weight excluding hydrogens is 210 g/mol. The van der Waals surface area contributed by atoms with Gasteiger partial charge in [0.25, 0.3) is 0 Å². The molecule has 86 valence electrons. The predicted molar refractivity (Wildman–Crippen MR) is 65.1 cm³/mol. The van der Waals surface area contributed by atoms with Gasteiger partial charge in [-0.25, -0.2) is 4.79 Å². The summed E-state index contributed by atoms with van der Waals surface area (Å²) in [5.41, 5.74) is 1.68. The molecule has 0 aromatic rings. The Kier molecular flexibility index (Phi) is 4.81. The molecule has 0 atom stereocenters. The molecule has 1 fully saturated rings. The lowest BCUT2D eigenvalue weighted by Gasteiger charge is -2.36. The Labute approximate surface area is 96.8 Å². The smallest absolute Gasteiger partial charge is 0.320 e. The van der Waals surface area contributed by atoms with Gasteiger partial charge in [0.2, 0.25) is 0 Å². The lowest BCUT2D eigenvalue weighted by Crippen LogP contribution is -2.52. The Balaban J connectivity index is 2.45. The van der Waals surface area contributed by atoms with Crippen molar-refractivity contribution in [1.82, 2.24) is 14.7 Å². The number of hydrogen-bond donors (Lipinski definition) is 0. The van der Waals surface area contributed by atoms with Crippen LogP contribution in [0.1, 0.15) is 13.8 Å². The van der Waals surface area contributed by atoms with Gasteiger partial charge in [-0.3, -0.25) is 0 Å². The van der Waals surface area contributed by atoms with E-state index in [4.69, 9.17) is 12.2 Å². The topological polar surface area (TPSA) is 26.8 Å². The van der Waals surface area contributed by atoms with E-state index in [0.717, 1.165) is 39.3 Å². The fourth-order valence-electron chi connectivity index (χ4n) is 1.71. The standard InChI is InChI=1S/C10H19N3OS/c1-3-12(4-2)10(14)13-7-5-11(9-15)6-8-13/h9H,3-8H2,1-2H3. The van der Waals surface area contributed by atoms with Gasteiger partial charge in [-0.1, -0.05) is 12.2 Å². The van der Waals surface area contributed by atoms with Gasteiger partial charge in [0, 0.05) is 39.3 Å². The van der Waals surface area contributed by atoms with Gasteiger partial charge in [-0.15, -0.1) is 0 Å². The summed E-state index contributed by atoms with van der Waals surface area (Å²) in [4.78, 5) is 17.8. The number of amides is 2. The highest BCUT2D eigenvalue weighted by Gasteiger charge is 2.22. The molecule has 0 aliphatic carbocycles. The van der Waals surface area contributed by atoms with E-state index in [0.29, 0.717) is 0 Å². The summed E-state index contributed by atoms with van der Waals surface area (Å²) >= 11 is 4.86. The molecule has 4 nitrogen and oxygen atoms in total. The molecule has 1 saturated heterocycles. The Bertz CT molecular complexity index is 223. The zero-order chi connectivity index (χ0) is 11.3. The second-order valence-corrected chi connectivity index (χ2v) is 3.79. The van der Waals surface area contributed by atoms with E-state index in [2.05, 4.69) is 4.90 Å². The predicted octanol–water partition coefficient (Wildman–Crippen LogP) is 1.02. The first kappa shape index (κ1) is 12.2. The minimum atomic E-state index is 0.156. The molecule has 1 aliphatic rings. The van der Waals surface area contributed by atoms with Gasteiger partial charge in [0.05, 0.1) is 5.49 Å². The van der Waals surface area contributed by atoms with Crippen molar-refractivity contribution in [2.75, 3.05) is 39.3 Å². The van der Waals surface area contributed by atoms with Gasteiger partial charge in [-0.2, -0.15) is 0 Å². The molecule has 2 amide bonds. The molecule has 1 heterocycles. The zero-order valence-corrected chi connectivity index (χ0v) is 10.3. The molecule has 15 heavy (non-hydrogen) atoms. The summed E-state index contributed by atoms with van der Waals surface area (Å²) in [5, 5.41) is 0. The Morgan fingerprint density at radius 3 is 2.20 bits per heavy atom. The number of rotatable bonds is 3. The highest BCUT2D eigenvalue weighted by atomic mass is 32.1. The van der Waals surface area contributed by atoms with E-state index in [1.807, 2.05) is 23.6 Å². The minimum absolute atomic E-state index is 0.156. The number of carbonyl (C=O) groups excluding carboxylic acids is 1. The van der Waals surface area contributed by atoms with Crippen molar-refractivity contribution in [3.05, 3.63) is 0 Å². The average molecular weight is 229 g/mol. The number of thiocarbonyl (C=S) groups is 1. The Morgan fingerprint density at radius 1 is 1.27 bits per heavy atom. The minimum Gasteiger partial charge on any atom is -0.365 e. The van der Waals surface area contributed by atoms with Crippen LogP contribution in [0.25, 0.3) is 0 Å². The van der Waals surface area contributed by atoms with Crippen LogP contribution in [0.4, 0.5) is 4.79 Å². The molecule has 0 bridgehead atoms. The lowest BCUT2D eigenvalue weighted by molar-refractivity contribution is 0.137. The molecule has 1 rings (SSSR count). The van der Waals surface area contributed by atoms with E-state index in [9.17, 15) is 4.79 Å². The molecule has 0 radical (unpaired) electrons. The first-order chi connectivity index (χ1) is 7.22. The van der Waals surface area contributed by atoms with Crippen molar-refractivity contribution in [3.8, 4) is 0 Å². The summed E-state index contributed by atoms with van der Waals surface area (Å²) in [6, 6.07) is 0.156. The maximum Gasteiger partial charge on any atom is 0.320 e. The fourth-order valence-corrected chi connectivity index (χ4v) is 1.92. The third kappa shape index (κ3) is 3.06. The third-order valence-corrected chi connectivity index (χ3v) is 3.07. The van der Waals surface area contributed by atoms with Crippen molar-refractivity contribution in [3.63, 3.8) is 0 Å². The molecular formula is C10H19N3OS. The number of carbonyl (C=O) groups is 1. The van der Waals surface area contributed by atoms with Crippen LogP contribution in [-0.4, -0.2) is 65.5 Å². The average Bonchev–Trinajstić information content (AvgIpc) is 2.30. The van der Waals surface area contributed by atoms with Crippen LogP contribution in [0.5, 0.6) is 0 Å². The number of nitrogens with zero attached hydrogens (tertiary/aromatic N) is 3. The molecule has 0 unspecified atom stereocenters. The highest BCUT2D eigenvalue weighted by Crippen LogP contribution is 2.04. The Morgan fingerprint density at radius 2 is 1.80 bits per heavy atom. The summed E-state index contributed by atoms with van der Waals surface area (Å²) in [6.07, 6.45) is 0. The van der Waals surface area contributed by atoms with E-state index in [1.165, 1.54) is 0 Å². The SMILES string of the molecule is CCN(CC)C(=O)N1CCN(C=S)CC1. The summed E-state index contributed by atoms with van der Waals surface area (Å²) in [5.74, 6) is 0. The zero-order valence-electron chi connectivity index (χ0n) is 9.48. The van der Waals surface area contributed by atoms with Crippen molar-refractivity contribution in [1.29, 1.82) is 0 Å². The van der Waals surface area contributed by atoms with Crippen LogP contribution in [0.15, 0.2) is 0 Å². The third-order valence-electron chi connectivity index (χ3n) is 2.77. The second-order valence-electron chi connectivity index (χ2n) is 3.58. The van der Waals surface area contributed by atoms with Gasteiger partial charge >= 0.3 is 6.03 Å². The van der Waals surface area contributed by atoms with Crippen molar-refractivity contribution >= 4 is 23.7 Å². The number of piperazine rings is 1. The van der Waals surface area contributed by atoms with Gasteiger partial charge in [0.1, 0.15) is 0 Å². The molecule has 0 aromatic carbocycles. The van der Waals surface area contributed by atoms with Crippen LogP contribution in [0.3, 0.4) is 0 Å². The summed E-state index contributed by atoms with van der Waals surface area (Å²) < 4.78 is 0. The van der Waals surface area contributed by atoms with Crippen LogP contribution >= 0.6 is 12.2 Å². The van der Waals surface area contributed by atoms with E-state index < -0.39 is 0 Å². The van der Waals surface area contributed by atoms with E-state index in [1.54, 1.807) is 5.49 Å². The molecule has 0 aromatic heterocycles. The van der Waals surface area contributed by atoms with Gasteiger partial charge < -0.3 is 14.7 Å². The van der Waals surface area contributed by atoms with Crippen molar-refractivity contribution in [2.24, 2.45) is 0 Å². The second kappa shape index (κ2) is 5.90. The molecule has 5 heteroatoms. The lowest BCUT2D eigenvalue weighted by atomic mass is 10.3. The monoisotopic (exact) mass is 229 g/mol. The summed E-state index contributed by atoms with van der Waals surface area (Å²) in [6.45, 7) is 8.85. The maximum absolute atomic E-state index is 12.0. The van der Waals surface area contributed by atoms with Crippen LogP contribution in [0, 0.1) is 0 Å². The fraction of sp³-hybridized carbons (Fsp3) is 0.800. The maximum atomic E-state index is 12.0. The first-order valence-electron chi connectivity index (χ1n) is 5.46. The quantitative estimate of drug-likeness (QED) is 0.676. The van der Waals surface area contributed by atoms with Crippen molar-refractivity contribution < 1.29 is 4.79 Å². The first-order valence-corrected chi connectivity index (χ1v) is 5.93. The highest BCUT2D eigenvalue weighted by molar-refractivity contribution is 7.78. The van der Waals surface area contributed by atoms with Crippen LogP contribution in [-0.2, 0) is 0 Å². The molecule has 1 aliphatic heterocycles.